The Hall–Kier alpha value is -1.74. The summed E-state index contributed by atoms with van der Waals surface area (Å²) in [6, 6.07) is -0.627. The summed E-state index contributed by atoms with van der Waals surface area (Å²) in [7, 11) is 0. The number of thioether (sulfide) groups is 2. The number of carbonyl (C=O) groups is 3. The molecular formula is C17H21N3O4S2. The van der Waals surface area contributed by atoms with E-state index in [2.05, 4.69) is 5.16 Å². The molecule has 0 aromatic carbocycles. The van der Waals surface area contributed by atoms with E-state index in [1.165, 1.54) is 28.4 Å². The second kappa shape index (κ2) is 7.87. The summed E-state index contributed by atoms with van der Waals surface area (Å²) in [5, 5.41) is 3.85. The summed E-state index contributed by atoms with van der Waals surface area (Å²) < 4.78 is 5.85. The molecule has 7 nitrogen and oxygen atoms in total. The highest BCUT2D eigenvalue weighted by molar-refractivity contribution is 8.22. The van der Waals surface area contributed by atoms with Crippen LogP contribution in [0, 0.1) is 13.8 Å². The SMILES string of the molecule is CCCCN1C(=O)C(=C2SCCCS2)C(=O)N(c2c(C)noc2C)C1=O. The molecule has 1 aromatic heterocycles. The summed E-state index contributed by atoms with van der Waals surface area (Å²) in [6.07, 6.45) is 2.55. The smallest absolute Gasteiger partial charge is 0.338 e. The Morgan fingerprint density at radius 3 is 2.38 bits per heavy atom. The van der Waals surface area contributed by atoms with Gasteiger partial charge >= 0.3 is 6.03 Å². The van der Waals surface area contributed by atoms with Crippen molar-refractivity contribution in [3.63, 3.8) is 0 Å². The summed E-state index contributed by atoms with van der Waals surface area (Å²) in [6.45, 7) is 5.60. The third kappa shape index (κ3) is 3.29. The van der Waals surface area contributed by atoms with Crippen molar-refractivity contribution in [3.8, 4) is 0 Å². The van der Waals surface area contributed by atoms with Gasteiger partial charge in [0.25, 0.3) is 11.8 Å². The zero-order chi connectivity index (χ0) is 18.8. The van der Waals surface area contributed by atoms with E-state index >= 15 is 0 Å². The van der Waals surface area contributed by atoms with E-state index in [1.54, 1.807) is 13.8 Å². The highest BCUT2D eigenvalue weighted by Gasteiger charge is 2.46. The lowest BCUT2D eigenvalue weighted by molar-refractivity contribution is -0.129. The van der Waals surface area contributed by atoms with Crippen LogP contribution in [0.2, 0.25) is 0 Å². The molecule has 0 N–H and O–H groups in total. The van der Waals surface area contributed by atoms with E-state index in [9.17, 15) is 14.4 Å². The highest BCUT2D eigenvalue weighted by atomic mass is 32.2. The second-order valence-electron chi connectivity index (χ2n) is 6.12. The molecule has 140 valence electrons. The molecule has 26 heavy (non-hydrogen) atoms. The molecule has 2 saturated heterocycles. The summed E-state index contributed by atoms with van der Waals surface area (Å²) in [5.41, 5.74) is 0.871. The van der Waals surface area contributed by atoms with Crippen molar-refractivity contribution in [2.75, 3.05) is 23.0 Å². The maximum absolute atomic E-state index is 13.2. The van der Waals surface area contributed by atoms with Crippen LogP contribution in [-0.4, -0.2) is 46.0 Å². The van der Waals surface area contributed by atoms with Crippen molar-refractivity contribution in [1.29, 1.82) is 0 Å². The number of urea groups is 1. The van der Waals surface area contributed by atoms with E-state index in [0.29, 0.717) is 27.8 Å². The lowest BCUT2D eigenvalue weighted by Crippen LogP contribution is -2.57. The predicted molar refractivity (Wildman–Crippen MR) is 102 cm³/mol. The fourth-order valence-corrected chi connectivity index (χ4v) is 5.49. The Labute approximate surface area is 160 Å². The molecule has 9 heteroatoms. The molecule has 0 bridgehead atoms. The topological polar surface area (TPSA) is 83.7 Å². The number of amides is 4. The minimum absolute atomic E-state index is 0.0930. The number of hydrogen-bond donors (Lipinski definition) is 0. The number of nitrogens with zero attached hydrogens (tertiary/aromatic N) is 3. The molecule has 4 amide bonds. The molecule has 2 aliphatic heterocycles. The van der Waals surface area contributed by atoms with Crippen LogP contribution in [0.25, 0.3) is 0 Å². The monoisotopic (exact) mass is 395 g/mol. The molecule has 0 saturated carbocycles. The van der Waals surface area contributed by atoms with Crippen molar-refractivity contribution in [2.24, 2.45) is 0 Å². The zero-order valence-corrected chi connectivity index (χ0v) is 16.7. The van der Waals surface area contributed by atoms with Crippen molar-refractivity contribution in [2.45, 2.75) is 40.0 Å². The van der Waals surface area contributed by atoms with E-state index in [0.717, 1.165) is 29.2 Å². The maximum Gasteiger partial charge on any atom is 0.338 e. The number of hydrogen-bond acceptors (Lipinski definition) is 7. The van der Waals surface area contributed by atoms with Crippen LogP contribution < -0.4 is 4.90 Å². The summed E-state index contributed by atoms with van der Waals surface area (Å²) in [4.78, 5) is 41.4. The fraction of sp³-hybridized carbons (Fsp3) is 0.529. The van der Waals surface area contributed by atoms with Crippen molar-refractivity contribution >= 4 is 47.1 Å². The number of carbonyl (C=O) groups excluding carboxylic acids is 3. The number of imide groups is 2. The van der Waals surface area contributed by atoms with Gasteiger partial charge in [0.2, 0.25) is 0 Å². The molecule has 1 aromatic rings. The van der Waals surface area contributed by atoms with Crippen LogP contribution in [0.4, 0.5) is 10.5 Å². The van der Waals surface area contributed by atoms with Crippen molar-refractivity contribution in [3.05, 3.63) is 21.3 Å². The Bertz CT molecular complexity index is 759. The van der Waals surface area contributed by atoms with Gasteiger partial charge < -0.3 is 4.52 Å². The number of aromatic nitrogens is 1. The molecule has 3 heterocycles. The number of aryl methyl sites for hydroxylation is 2. The molecule has 0 radical (unpaired) electrons. The van der Waals surface area contributed by atoms with Crippen LogP contribution in [0.5, 0.6) is 0 Å². The first-order valence-corrected chi connectivity index (χ1v) is 10.6. The second-order valence-corrected chi connectivity index (χ2v) is 8.59. The van der Waals surface area contributed by atoms with Gasteiger partial charge in [-0.25, -0.2) is 9.69 Å². The Morgan fingerprint density at radius 1 is 1.12 bits per heavy atom. The molecular weight excluding hydrogens is 374 g/mol. The predicted octanol–water partition coefficient (Wildman–Crippen LogP) is 3.47. The van der Waals surface area contributed by atoms with Crippen LogP contribution >= 0.6 is 23.5 Å². The third-order valence-electron chi connectivity index (χ3n) is 4.21. The van der Waals surface area contributed by atoms with Crippen LogP contribution in [0.3, 0.4) is 0 Å². The fourth-order valence-electron chi connectivity index (χ4n) is 2.89. The van der Waals surface area contributed by atoms with Gasteiger partial charge in [-0.3, -0.25) is 14.5 Å². The molecule has 2 fully saturated rings. The minimum Gasteiger partial charge on any atom is -0.359 e. The van der Waals surface area contributed by atoms with Gasteiger partial charge in [0.05, 0.1) is 4.24 Å². The molecule has 3 rings (SSSR count). The number of unbranched alkanes of at least 4 members (excludes halogenated alkanes) is 1. The van der Waals surface area contributed by atoms with Gasteiger partial charge in [-0.1, -0.05) is 18.5 Å². The van der Waals surface area contributed by atoms with Gasteiger partial charge in [0, 0.05) is 6.54 Å². The van der Waals surface area contributed by atoms with E-state index in [4.69, 9.17) is 4.52 Å². The van der Waals surface area contributed by atoms with Crippen molar-refractivity contribution in [1.82, 2.24) is 10.1 Å². The zero-order valence-electron chi connectivity index (χ0n) is 15.0. The molecule has 0 unspecified atom stereocenters. The third-order valence-corrected chi connectivity index (χ3v) is 6.84. The number of rotatable bonds is 4. The van der Waals surface area contributed by atoms with Gasteiger partial charge in [-0.15, -0.1) is 23.5 Å². The standard InChI is InChI=1S/C17H21N3O4S2/c1-4-5-7-19-14(21)12(16-25-8-6-9-26-16)15(22)20(17(19)23)13-10(2)18-24-11(13)3/h4-9H2,1-3H3. The first-order chi connectivity index (χ1) is 12.5. The number of anilines is 1. The van der Waals surface area contributed by atoms with Gasteiger partial charge in [0.15, 0.2) is 5.76 Å². The first kappa shape index (κ1) is 19.0. The van der Waals surface area contributed by atoms with E-state index in [1.807, 2.05) is 6.92 Å². The average molecular weight is 396 g/mol. The molecule has 0 aliphatic carbocycles. The van der Waals surface area contributed by atoms with Gasteiger partial charge in [-0.2, -0.15) is 0 Å². The Kier molecular flexibility index (Phi) is 5.76. The maximum atomic E-state index is 13.2. The van der Waals surface area contributed by atoms with E-state index < -0.39 is 17.8 Å². The highest BCUT2D eigenvalue weighted by Crippen LogP contribution is 2.40. The van der Waals surface area contributed by atoms with Crippen LogP contribution in [0.15, 0.2) is 14.3 Å². The van der Waals surface area contributed by atoms with Gasteiger partial charge in [0.1, 0.15) is 17.0 Å². The van der Waals surface area contributed by atoms with E-state index in [-0.39, 0.29) is 12.1 Å². The van der Waals surface area contributed by atoms with Crippen LogP contribution in [-0.2, 0) is 9.59 Å². The van der Waals surface area contributed by atoms with Crippen molar-refractivity contribution < 1.29 is 18.9 Å². The molecule has 2 aliphatic rings. The summed E-state index contributed by atoms with van der Waals surface area (Å²) in [5.74, 6) is 1.02. The normalized spacial score (nSPS) is 19.0. The molecule has 0 spiro atoms. The molecule has 0 atom stereocenters. The van der Waals surface area contributed by atoms with Gasteiger partial charge in [-0.05, 0) is 38.2 Å². The summed E-state index contributed by atoms with van der Waals surface area (Å²) >= 11 is 3.02. The average Bonchev–Trinajstić information content (AvgIpc) is 2.95. The largest absolute Gasteiger partial charge is 0.359 e. The Balaban J connectivity index is 2.10. The first-order valence-electron chi connectivity index (χ1n) is 8.60. The Morgan fingerprint density at radius 2 is 1.81 bits per heavy atom. The number of barbiturate groups is 1. The van der Waals surface area contributed by atoms with Crippen LogP contribution in [0.1, 0.15) is 37.6 Å². The lowest BCUT2D eigenvalue weighted by atomic mass is 10.1. The quantitative estimate of drug-likeness (QED) is 0.570. The minimum atomic E-state index is -0.627. The lowest BCUT2D eigenvalue weighted by Gasteiger charge is -2.34.